The molecule has 0 aliphatic heterocycles. The van der Waals surface area contributed by atoms with E-state index in [0.29, 0.717) is 11.0 Å². The lowest BCUT2D eigenvalue weighted by Gasteiger charge is -2.41. The summed E-state index contributed by atoms with van der Waals surface area (Å²) in [4.78, 5) is 0. The van der Waals surface area contributed by atoms with E-state index >= 15 is 0 Å². The Bertz CT molecular complexity index is 245. The second-order valence-corrected chi connectivity index (χ2v) is 10.1. The van der Waals surface area contributed by atoms with Gasteiger partial charge in [-0.3, -0.25) is 0 Å². The molecule has 0 spiro atoms. The minimum atomic E-state index is -2.05. The molecule has 0 aromatic heterocycles. The van der Waals surface area contributed by atoms with Crippen molar-refractivity contribution >= 4 is 8.56 Å². The topological polar surface area (TPSA) is 18.5 Å². The Kier molecular flexibility index (Phi) is 5.88. The molecule has 0 amide bonds. The van der Waals surface area contributed by atoms with Crippen LogP contribution in [-0.4, -0.2) is 22.8 Å². The van der Waals surface area contributed by atoms with Crippen LogP contribution in [0.4, 0.5) is 0 Å². The zero-order valence-corrected chi connectivity index (χ0v) is 14.2. The van der Waals surface area contributed by atoms with E-state index in [0.717, 1.165) is 5.92 Å². The lowest BCUT2D eigenvalue weighted by atomic mass is 9.91. The van der Waals surface area contributed by atoms with E-state index in [1.54, 1.807) is 0 Å². The van der Waals surface area contributed by atoms with Gasteiger partial charge in [-0.15, -0.1) is 0 Å². The quantitative estimate of drug-likeness (QED) is 0.623. The van der Waals surface area contributed by atoms with Crippen LogP contribution < -0.4 is 0 Å². The summed E-state index contributed by atoms with van der Waals surface area (Å²) in [5.74, 6) is 0.757. The van der Waals surface area contributed by atoms with Gasteiger partial charge in [-0.25, -0.2) is 0 Å². The maximum absolute atomic E-state index is 6.06. The first-order valence-electron chi connectivity index (χ1n) is 7.56. The summed E-state index contributed by atoms with van der Waals surface area (Å²) in [5.41, 5.74) is 1.05. The van der Waals surface area contributed by atoms with Gasteiger partial charge in [0.25, 0.3) is 0 Å². The maximum atomic E-state index is 6.06. The average Bonchev–Trinajstić information content (AvgIpc) is 2.72. The first-order chi connectivity index (χ1) is 8.45. The van der Waals surface area contributed by atoms with Gasteiger partial charge in [0.2, 0.25) is 0 Å². The van der Waals surface area contributed by atoms with Crippen LogP contribution in [0, 0.1) is 11.3 Å². The Morgan fingerprint density at radius 3 is 2.06 bits per heavy atom. The van der Waals surface area contributed by atoms with E-state index in [1.807, 2.05) is 14.2 Å². The molecule has 1 unspecified atom stereocenters. The fourth-order valence-corrected chi connectivity index (χ4v) is 8.51. The number of hydrogen-bond acceptors (Lipinski definition) is 2. The molecule has 0 saturated heterocycles. The third-order valence-corrected chi connectivity index (χ3v) is 9.87. The van der Waals surface area contributed by atoms with E-state index in [4.69, 9.17) is 8.85 Å². The summed E-state index contributed by atoms with van der Waals surface area (Å²) in [6.07, 6.45) is 6.43. The molecule has 18 heavy (non-hydrogen) atoms. The Morgan fingerprint density at radius 2 is 1.72 bits per heavy atom. The molecule has 1 saturated carbocycles. The zero-order chi connectivity index (χ0) is 13.8. The first kappa shape index (κ1) is 16.2. The van der Waals surface area contributed by atoms with Gasteiger partial charge < -0.3 is 8.85 Å². The van der Waals surface area contributed by atoms with Gasteiger partial charge in [-0.1, -0.05) is 47.0 Å². The summed E-state index contributed by atoms with van der Waals surface area (Å²) >= 11 is 0. The van der Waals surface area contributed by atoms with Crippen LogP contribution >= 0.6 is 0 Å². The second kappa shape index (κ2) is 6.53. The van der Waals surface area contributed by atoms with Crippen LogP contribution in [0.1, 0.15) is 59.8 Å². The summed E-state index contributed by atoms with van der Waals surface area (Å²) in [6, 6.07) is 1.17. The van der Waals surface area contributed by atoms with Crippen LogP contribution in [0.25, 0.3) is 0 Å². The minimum Gasteiger partial charge on any atom is -0.397 e. The fourth-order valence-electron chi connectivity index (χ4n) is 3.80. The van der Waals surface area contributed by atoms with E-state index in [1.165, 1.54) is 38.1 Å². The van der Waals surface area contributed by atoms with Crippen LogP contribution in [0.2, 0.25) is 11.6 Å². The highest BCUT2D eigenvalue weighted by atomic mass is 28.4. The van der Waals surface area contributed by atoms with Crippen molar-refractivity contribution in [1.82, 2.24) is 0 Å². The lowest BCUT2D eigenvalue weighted by molar-refractivity contribution is 0.192. The van der Waals surface area contributed by atoms with Crippen LogP contribution in [0.5, 0.6) is 0 Å². The molecule has 1 aliphatic carbocycles. The molecule has 0 heterocycles. The van der Waals surface area contributed by atoms with Crippen molar-refractivity contribution < 1.29 is 8.85 Å². The van der Waals surface area contributed by atoms with Crippen molar-refractivity contribution in [2.45, 2.75) is 71.4 Å². The van der Waals surface area contributed by atoms with E-state index in [2.05, 4.69) is 27.7 Å². The Balaban J connectivity index is 2.92. The summed E-state index contributed by atoms with van der Waals surface area (Å²) < 4.78 is 12.1. The van der Waals surface area contributed by atoms with Crippen LogP contribution in [0.3, 0.4) is 0 Å². The standard InChI is InChI=1S/C15H32O2Si/c1-7-13(8-2)12-18(16-5,17-6)14-10-9-11-15(14,3)4/h13-14H,7-12H2,1-6H3. The number of rotatable bonds is 7. The van der Waals surface area contributed by atoms with Crippen molar-refractivity contribution in [3.8, 4) is 0 Å². The van der Waals surface area contributed by atoms with E-state index in [9.17, 15) is 0 Å². The second-order valence-electron chi connectivity index (χ2n) is 6.54. The maximum Gasteiger partial charge on any atom is 0.341 e. The van der Waals surface area contributed by atoms with Crippen molar-refractivity contribution in [3.05, 3.63) is 0 Å². The molecule has 1 atom stereocenters. The average molecular weight is 273 g/mol. The highest BCUT2D eigenvalue weighted by Gasteiger charge is 2.53. The number of hydrogen-bond donors (Lipinski definition) is 0. The molecule has 0 N–H and O–H groups in total. The summed E-state index contributed by atoms with van der Waals surface area (Å²) in [7, 11) is 1.71. The molecule has 1 aliphatic rings. The fraction of sp³-hybridized carbons (Fsp3) is 1.00. The molecule has 1 rings (SSSR count). The monoisotopic (exact) mass is 272 g/mol. The molecule has 3 heteroatoms. The molecule has 0 radical (unpaired) electrons. The molecule has 2 nitrogen and oxygen atoms in total. The van der Waals surface area contributed by atoms with Gasteiger partial charge in [-0.2, -0.15) is 0 Å². The van der Waals surface area contributed by atoms with Gasteiger partial charge in [-0.05, 0) is 30.2 Å². The molecule has 0 bridgehead atoms. The minimum absolute atomic E-state index is 0.393. The van der Waals surface area contributed by atoms with Gasteiger partial charge in [0.05, 0.1) is 0 Å². The third kappa shape index (κ3) is 3.17. The van der Waals surface area contributed by atoms with Crippen molar-refractivity contribution in [2.75, 3.05) is 14.2 Å². The molecule has 1 fully saturated rings. The van der Waals surface area contributed by atoms with Crippen molar-refractivity contribution in [2.24, 2.45) is 11.3 Å². The van der Waals surface area contributed by atoms with Gasteiger partial charge in [0.15, 0.2) is 0 Å². The Morgan fingerprint density at radius 1 is 1.17 bits per heavy atom. The predicted molar refractivity (Wildman–Crippen MR) is 80.0 cm³/mol. The normalized spacial score (nSPS) is 23.8. The van der Waals surface area contributed by atoms with Crippen LogP contribution in [0.15, 0.2) is 0 Å². The van der Waals surface area contributed by atoms with E-state index < -0.39 is 8.56 Å². The molecular formula is C15H32O2Si. The smallest absolute Gasteiger partial charge is 0.341 e. The van der Waals surface area contributed by atoms with Gasteiger partial charge >= 0.3 is 8.56 Å². The third-order valence-electron chi connectivity index (χ3n) is 5.21. The Hall–Kier alpha value is 0.137. The van der Waals surface area contributed by atoms with Crippen molar-refractivity contribution in [3.63, 3.8) is 0 Å². The van der Waals surface area contributed by atoms with Gasteiger partial charge in [0, 0.05) is 19.8 Å². The molecule has 0 aromatic carbocycles. The highest BCUT2D eigenvalue weighted by molar-refractivity contribution is 6.69. The zero-order valence-electron chi connectivity index (χ0n) is 13.2. The largest absolute Gasteiger partial charge is 0.397 e. The molecular weight excluding hydrogens is 240 g/mol. The Labute approximate surface area is 115 Å². The highest BCUT2D eigenvalue weighted by Crippen LogP contribution is 2.54. The van der Waals surface area contributed by atoms with E-state index in [-0.39, 0.29) is 0 Å². The first-order valence-corrected chi connectivity index (χ1v) is 9.66. The predicted octanol–water partition coefficient (Wildman–Crippen LogP) is 4.74. The van der Waals surface area contributed by atoms with Crippen LogP contribution in [-0.2, 0) is 8.85 Å². The molecule has 0 aromatic rings. The van der Waals surface area contributed by atoms with Crippen molar-refractivity contribution in [1.29, 1.82) is 0 Å². The summed E-state index contributed by atoms with van der Waals surface area (Å²) in [5, 5.41) is 0. The van der Waals surface area contributed by atoms with Gasteiger partial charge in [0.1, 0.15) is 0 Å². The lowest BCUT2D eigenvalue weighted by Crippen LogP contribution is -2.49. The summed E-state index contributed by atoms with van der Waals surface area (Å²) in [6.45, 7) is 9.38. The SMILES string of the molecule is CCC(CC)C[Si](OC)(OC)C1CCCC1(C)C. The molecule has 108 valence electrons.